The van der Waals surface area contributed by atoms with E-state index in [0.717, 1.165) is 25.9 Å². The highest BCUT2D eigenvalue weighted by atomic mass is 16.2. The van der Waals surface area contributed by atoms with Crippen LogP contribution in [0.1, 0.15) is 23.2 Å². The van der Waals surface area contributed by atoms with Crippen LogP contribution in [0.4, 0.5) is 0 Å². The molecule has 86 valence electrons. The first-order valence-corrected chi connectivity index (χ1v) is 5.70. The van der Waals surface area contributed by atoms with Gasteiger partial charge in [0.1, 0.15) is 5.52 Å². The molecular formula is C12H12N4O. The molecule has 1 aliphatic heterocycles. The van der Waals surface area contributed by atoms with Crippen molar-refractivity contribution in [2.24, 2.45) is 0 Å². The van der Waals surface area contributed by atoms with Gasteiger partial charge in [-0.15, -0.1) is 0 Å². The first kappa shape index (κ1) is 10.1. The van der Waals surface area contributed by atoms with Crippen molar-refractivity contribution < 1.29 is 4.79 Å². The van der Waals surface area contributed by atoms with Gasteiger partial charge in [-0.05, 0) is 18.9 Å². The highest BCUT2D eigenvalue weighted by molar-refractivity contribution is 5.96. The van der Waals surface area contributed by atoms with Crippen molar-refractivity contribution in [1.29, 1.82) is 0 Å². The zero-order valence-electron chi connectivity index (χ0n) is 9.33. The summed E-state index contributed by atoms with van der Waals surface area (Å²) in [6.45, 7) is 1.69. The molecule has 1 saturated heterocycles. The van der Waals surface area contributed by atoms with Crippen LogP contribution in [-0.4, -0.2) is 38.8 Å². The van der Waals surface area contributed by atoms with E-state index in [2.05, 4.69) is 15.0 Å². The average Bonchev–Trinajstić information content (AvgIpc) is 2.91. The first-order valence-electron chi connectivity index (χ1n) is 5.70. The molecule has 0 aliphatic carbocycles. The summed E-state index contributed by atoms with van der Waals surface area (Å²) in [5, 5.41) is 0. The van der Waals surface area contributed by atoms with Crippen LogP contribution in [0, 0.1) is 0 Å². The molecule has 3 heterocycles. The van der Waals surface area contributed by atoms with Gasteiger partial charge >= 0.3 is 0 Å². The van der Waals surface area contributed by atoms with Crippen LogP contribution in [0.25, 0.3) is 11.2 Å². The largest absolute Gasteiger partial charge is 0.339 e. The average molecular weight is 228 g/mol. The lowest BCUT2D eigenvalue weighted by molar-refractivity contribution is 0.0792. The van der Waals surface area contributed by atoms with Gasteiger partial charge in [-0.3, -0.25) is 9.78 Å². The number of carbonyl (C=O) groups excluding carboxylic acids is 1. The predicted molar refractivity (Wildman–Crippen MR) is 62.5 cm³/mol. The molecule has 2 aromatic rings. The fourth-order valence-corrected chi connectivity index (χ4v) is 2.08. The smallest absolute Gasteiger partial charge is 0.255 e. The van der Waals surface area contributed by atoms with Crippen LogP contribution in [0.5, 0.6) is 0 Å². The van der Waals surface area contributed by atoms with Gasteiger partial charge < -0.3 is 4.90 Å². The number of aromatic nitrogens is 3. The summed E-state index contributed by atoms with van der Waals surface area (Å²) in [4.78, 5) is 26.4. The number of fused-ring (bicyclic) bond motifs is 1. The first-order chi connectivity index (χ1) is 8.34. The normalized spacial score (nSPS) is 15.4. The number of likely N-dealkylation sites (tertiary alicyclic amines) is 1. The van der Waals surface area contributed by atoms with E-state index < -0.39 is 0 Å². The van der Waals surface area contributed by atoms with E-state index in [4.69, 9.17) is 0 Å². The third kappa shape index (κ3) is 1.84. The number of rotatable bonds is 1. The van der Waals surface area contributed by atoms with Crippen molar-refractivity contribution in [3.63, 3.8) is 0 Å². The summed E-state index contributed by atoms with van der Waals surface area (Å²) in [5.74, 6) is 0.0440. The van der Waals surface area contributed by atoms with E-state index in [9.17, 15) is 4.79 Å². The molecule has 2 aromatic heterocycles. The van der Waals surface area contributed by atoms with Crippen molar-refractivity contribution >= 4 is 17.1 Å². The summed E-state index contributed by atoms with van der Waals surface area (Å²) >= 11 is 0. The van der Waals surface area contributed by atoms with E-state index >= 15 is 0 Å². The summed E-state index contributed by atoms with van der Waals surface area (Å²) in [6.07, 6.45) is 6.96. The quantitative estimate of drug-likeness (QED) is 0.737. The van der Waals surface area contributed by atoms with Crippen molar-refractivity contribution in [3.05, 3.63) is 30.2 Å². The molecule has 1 aliphatic rings. The van der Waals surface area contributed by atoms with E-state index in [-0.39, 0.29) is 5.91 Å². The van der Waals surface area contributed by atoms with Crippen molar-refractivity contribution in [3.8, 4) is 0 Å². The fraction of sp³-hybridized carbons (Fsp3) is 0.333. The van der Waals surface area contributed by atoms with Gasteiger partial charge in [-0.2, -0.15) is 0 Å². The standard InChI is InChI=1S/C12H12N4O/c17-12(16-5-1-2-6-16)9-7-10-11(15-8-9)14-4-3-13-10/h3-4,7-8H,1-2,5-6H2. The van der Waals surface area contributed by atoms with Gasteiger partial charge in [0.2, 0.25) is 0 Å². The summed E-state index contributed by atoms with van der Waals surface area (Å²) in [6, 6.07) is 1.76. The minimum Gasteiger partial charge on any atom is -0.339 e. The highest BCUT2D eigenvalue weighted by Crippen LogP contribution is 2.14. The number of carbonyl (C=O) groups is 1. The SMILES string of the molecule is O=C(c1cnc2nccnc2c1)N1CCCC1. The Balaban J connectivity index is 1.97. The van der Waals surface area contributed by atoms with Gasteiger partial charge in [0.15, 0.2) is 5.65 Å². The Kier molecular flexibility index (Phi) is 2.44. The van der Waals surface area contributed by atoms with Gasteiger partial charge in [-0.1, -0.05) is 0 Å². The second-order valence-electron chi connectivity index (χ2n) is 4.12. The van der Waals surface area contributed by atoms with Crippen LogP contribution in [0.15, 0.2) is 24.7 Å². The Morgan fingerprint density at radius 1 is 1.12 bits per heavy atom. The molecule has 0 spiro atoms. The van der Waals surface area contributed by atoms with Crippen LogP contribution >= 0.6 is 0 Å². The van der Waals surface area contributed by atoms with Gasteiger partial charge in [0.25, 0.3) is 5.91 Å². The van der Waals surface area contributed by atoms with Crippen LogP contribution in [0.2, 0.25) is 0 Å². The van der Waals surface area contributed by atoms with Crippen molar-refractivity contribution in [2.45, 2.75) is 12.8 Å². The Hall–Kier alpha value is -2.04. The third-order valence-electron chi connectivity index (χ3n) is 2.96. The number of hydrogen-bond acceptors (Lipinski definition) is 4. The Morgan fingerprint density at radius 3 is 2.71 bits per heavy atom. The third-order valence-corrected chi connectivity index (χ3v) is 2.96. The minimum absolute atomic E-state index is 0.0440. The zero-order chi connectivity index (χ0) is 11.7. The Bertz CT molecular complexity index is 563. The fourth-order valence-electron chi connectivity index (χ4n) is 2.08. The molecule has 0 aromatic carbocycles. The molecule has 3 rings (SSSR count). The predicted octanol–water partition coefficient (Wildman–Crippen LogP) is 1.26. The molecule has 0 unspecified atom stereocenters. The van der Waals surface area contributed by atoms with Crippen LogP contribution in [0.3, 0.4) is 0 Å². The summed E-state index contributed by atoms with van der Waals surface area (Å²) < 4.78 is 0. The van der Waals surface area contributed by atoms with E-state index in [1.807, 2.05) is 4.90 Å². The van der Waals surface area contributed by atoms with Gasteiger partial charge in [0, 0.05) is 31.7 Å². The second kappa shape index (κ2) is 4.08. The lowest BCUT2D eigenvalue weighted by Crippen LogP contribution is -2.27. The van der Waals surface area contributed by atoms with Crippen molar-refractivity contribution in [2.75, 3.05) is 13.1 Å². The molecule has 0 atom stereocenters. The zero-order valence-corrected chi connectivity index (χ0v) is 9.33. The van der Waals surface area contributed by atoms with Gasteiger partial charge in [0.05, 0.1) is 5.56 Å². The molecular weight excluding hydrogens is 216 g/mol. The number of amides is 1. The molecule has 0 N–H and O–H groups in total. The van der Waals surface area contributed by atoms with Crippen molar-refractivity contribution in [1.82, 2.24) is 19.9 Å². The van der Waals surface area contributed by atoms with E-state index in [0.29, 0.717) is 16.7 Å². The second-order valence-corrected chi connectivity index (χ2v) is 4.12. The molecule has 0 saturated carbocycles. The molecule has 0 bridgehead atoms. The number of nitrogens with zero attached hydrogens (tertiary/aromatic N) is 4. The topological polar surface area (TPSA) is 59.0 Å². The molecule has 5 nitrogen and oxygen atoms in total. The monoisotopic (exact) mass is 228 g/mol. The Morgan fingerprint density at radius 2 is 1.88 bits per heavy atom. The van der Waals surface area contributed by atoms with E-state index in [1.54, 1.807) is 24.7 Å². The maximum absolute atomic E-state index is 12.1. The lowest BCUT2D eigenvalue weighted by Gasteiger charge is -2.14. The summed E-state index contributed by atoms with van der Waals surface area (Å²) in [5.41, 5.74) is 1.84. The van der Waals surface area contributed by atoms with Gasteiger partial charge in [-0.25, -0.2) is 9.97 Å². The maximum atomic E-state index is 12.1. The maximum Gasteiger partial charge on any atom is 0.255 e. The van der Waals surface area contributed by atoms with Crippen LogP contribution < -0.4 is 0 Å². The highest BCUT2D eigenvalue weighted by Gasteiger charge is 2.20. The lowest BCUT2D eigenvalue weighted by atomic mass is 10.2. The number of hydrogen-bond donors (Lipinski definition) is 0. The molecule has 1 amide bonds. The van der Waals surface area contributed by atoms with Crippen LogP contribution in [-0.2, 0) is 0 Å². The number of pyridine rings is 1. The summed E-state index contributed by atoms with van der Waals surface area (Å²) in [7, 11) is 0. The molecule has 1 fully saturated rings. The Labute approximate surface area is 98.5 Å². The molecule has 0 radical (unpaired) electrons. The minimum atomic E-state index is 0.0440. The molecule has 5 heteroatoms. The van der Waals surface area contributed by atoms with E-state index in [1.165, 1.54) is 0 Å². The molecule has 17 heavy (non-hydrogen) atoms.